The lowest BCUT2D eigenvalue weighted by molar-refractivity contribution is 0.203. The SMILES string of the molecule is CN=C(NCCCc1c[nH]c2ccccc12)NCCOC.I. The highest BCUT2D eigenvalue weighted by atomic mass is 127. The van der Waals surface area contributed by atoms with Gasteiger partial charge in [-0.1, -0.05) is 18.2 Å². The Morgan fingerprint density at radius 2 is 2.00 bits per heavy atom. The fourth-order valence-corrected chi connectivity index (χ4v) is 2.32. The molecule has 22 heavy (non-hydrogen) atoms. The molecule has 1 heterocycles. The van der Waals surface area contributed by atoms with E-state index in [0.717, 1.165) is 31.9 Å². The third kappa shape index (κ3) is 5.49. The third-order valence-electron chi connectivity index (χ3n) is 3.41. The van der Waals surface area contributed by atoms with E-state index < -0.39 is 0 Å². The number of rotatable bonds is 7. The van der Waals surface area contributed by atoms with Gasteiger partial charge in [0.05, 0.1) is 6.61 Å². The van der Waals surface area contributed by atoms with E-state index in [2.05, 4.69) is 51.1 Å². The first-order valence-electron chi connectivity index (χ1n) is 7.33. The molecule has 3 N–H and O–H groups in total. The molecule has 2 rings (SSSR count). The van der Waals surface area contributed by atoms with Gasteiger partial charge in [0.15, 0.2) is 5.96 Å². The number of aromatic amines is 1. The van der Waals surface area contributed by atoms with Crippen LogP contribution in [0.2, 0.25) is 0 Å². The van der Waals surface area contributed by atoms with Gasteiger partial charge in [0.1, 0.15) is 0 Å². The zero-order valence-electron chi connectivity index (χ0n) is 13.2. The molecule has 0 atom stereocenters. The predicted molar refractivity (Wildman–Crippen MR) is 103 cm³/mol. The summed E-state index contributed by atoms with van der Waals surface area (Å²) in [5.74, 6) is 0.825. The van der Waals surface area contributed by atoms with Crippen molar-refractivity contribution in [1.29, 1.82) is 0 Å². The van der Waals surface area contributed by atoms with Crippen LogP contribution in [0.25, 0.3) is 10.9 Å². The second kappa shape index (κ2) is 10.4. The summed E-state index contributed by atoms with van der Waals surface area (Å²) in [6.45, 7) is 2.33. The van der Waals surface area contributed by atoms with Crippen molar-refractivity contribution in [1.82, 2.24) is 15.6 Å². The van der Waals surface area contributed by atoms with Crippen LogP contribution in [0.5, 0.6) is 0 Å². The number of fused-ring (bicyclic) bond motifs is 1. The number of hydrogen-bond acceptors (Lipinski definition) is 2. The Balaban J connectivity index is 0.00000242. The average Bonchev–Trinajstić information content (AvgIpc) is 2.93. The van der Waals surface area contributed by atoms with Crippen LogP contribution in [0.15, 0.2) is 35.5 Å². The standard InChI is InChI=1S/C16H24N4O.HI/c1-17-16(19-10-11-21-2)18-9-5-6-13-12-20-15-8-4-3-7-14(13)15;/h3-4,7-8,12,20H,5-6,9-11H2,1-2H3,(H2,17,18,19);1H. The molecule has 1 aromatic carbocycles. The molecule has 1 aromatic heterocycles. The minimum atomic E-state index is 0. The fourth-order valence-electron chi connectivity index (χ4n) is 2.32. The van der Waals surface area contributed by atoms with Gasteiger partial charge in [0.2, 0.25) is 0 Å². The average molecular weight is 416 g/mol. The Labute approximate surface area is 148 Å². The molecule has 0 saturated heterocycles. The first-order chi connectivity index (χ1) is 10.3. The number of nitrogens with one attached hydrogen (secondary N) is 3. The molecule has 0 unspecified atom stereocenters. The van der Waals surface area contributed by atoms with Crippen LogP contribution in [-0.2, 0) is 11.2 Å². The summed E-state index contributed by atoms with van der Waals surface area (Å²) in [7, 11) is 3.47. The number of methoxy groups -OCH3 is 1. The molecule has 122 valence electrons. The summed E-state index contributed by atoms with van der Waals surface area (Å²) in [6, 6.07) is 8.41. The van der Waals surface area contributed by atoms with Crippen LogP contribution in [0.1, 0.15) is 12.0 Å². The maximum atomic E-state index is 5.00. The maximum Gasteiger partial charge on any atom is 0.191 e. The number of H-pyrrole nitrogens is 1. The Morgan fingerprint density at radius 1 is 1.23 bits per heavy atom. The Bertz CT molecular complexity index is 582. The third-order valence-corrected chi connectivity index (χ3v) is 3.41. The highest BCUT2D eigenvalue weighted by molar-refractivity contribution is 14.0. The molecule has 0 aliphatic rings. The van der Waals surface area contributed by atoms with Gasteiger partial charge in [0, 0.05) is 44.3 Å². The van der Waals surface area contributed by atoms with E-state index >= 15 is 0 Å². The van der Waals surface area contributed by atoms with Crippen molar-refractivity contribution in [2.75, 3.05) is 33.9 Å². The van der Waals surface area contributed by atoms with Gasteiger partial charge >= 0.3 is 0 Å². The largest absolute Gasteiger partial charge is 0.383 e. The van der Waals surface area contributed by atoms with Crippen molar-refractivity contribution in [3.8, 4) is 0 Å². The molecule has 0 spiro atoms. The summed E-state index contributed by atoms with van der Waals surface area (Å²) in [6.07, 6.45) is 4.22. The minimum absolute atomic E-state index is 0. The van der Waals surface area contributed by atoms with E-state index in [4.69, 9.17) is 4.74 Å². The van der Waals surface area contributed by atoms with Crippen LogP contribution >= 0.6 is 24.0 Å². The van der Waals surface area contributed by atoms with Crippen LogP contribution < -0.4 is 10.6 Å². The van der Waals surface area contributed by atoms with Crippen molar-refractivity contribution in [2.24, 2.45) is 4.99 Å². The minimum Gasteiger partial charge on any atom is -0.383 e. The zero-order valence-corrected chi connectivity index (χ0v) is 15.5. The Morgan fingerprint density at radius 3 is 2.77 bits per heavy atom. The molecular formula is C16H25IN4O. The lowest BCUT2D eigenvalue weighted by atomic mass is 10.1. The maximum absolute atomic E-state index is 5.00. The number of aliphatic imine (C=N–C) groups is 1. The number of para-hydroxylation sites is 1. The van der Waals surface area contributed by atoms with Crippen molar-refractivity contribution in [2.45, 2.75) is 12.8 Å². The van der Waals surface area contributed by atoms with Gasteiger partial charge in [-0.15, -0.1) is 24.0 Å². The molecule has 5 nitrogen and oxygen atoms in total. The normalized spacial score (nSPS) is 11.3. The van der Waals surface area contributed by atoms with E-state index in [0.29, 0.717) is 6.61 Å². The molecule has 2 aromatic rings. The first kappa shape index (κ1) is 18.8. The van der Waals surface area contributed by atoms with Gasteiger partial charge in [-0.05, 0) is 24.5 Å². The first-order valence-corrected chi connectivity index (χ1v) is 7.33. The molecule has 0 saturated carbocycles. The number of aryl methyl sites for hydroxylation is 1. The van der Waals surface area contributed by atoms with Crippen LogP contribution in [0.3, 0.4) is 0 Å². The van der Waals surface area contributed by atoms with Gasteiger partial charge in [-0.3, -0.25) is 4.99 Å². The highest BCUT2D eigenvalue weighted by Gasteiger charge is 2.02. The van der Waals surface area contributed by atoms with Crippen molar-refractivity contribution < 1.29 is 4.74 Å². The van der Waals surface area contributed by atoms with Crippen molar-refractivity contribution in [3.05, 3.63) is 36.0 Å². The van der Waals surface area contributed by atoms with Crippen molar-refractivity contribution >= 4 is 40.8 Å². The lowest BCUT2D eigenvalue weighted by Crippen LogP contribution is -2.39. The van der Waals surface area contributed by atoms with Gasteiger partial charge < -0.3 is 20.4 Å². The van der Waals surface area contributed by atoms with Gasteiger partial charge in [-0.25, -0.2) is 0 Å². The summed E-state index contributed by atoms with van der Waals surface area (Å²) < 4.78 is 5.00. The summed E-state index contributed by atoms with van der Waals surface area (Å²) in [5, 5.41) is 7.83. The van der Waals surface area contributed by atoms with Crippen LogP contribution in [-0.4, -0.2) is 44.8 Å². The molecule has 0 aliphatic heterocycles. The van der Waals surface area contributed by atoms with Gasteiger partial charge in [0.25, 0.3) is 0 Å². The number of benzene rings is 1. The molecular weight excluding hydrogens is 391 g/mol. The molecule has 0 amide bonds. The fraction of sp³-hybridized carbons (Fsp3) is 0.438. The molecule has 6 heteroatoms. The molecule has 0 aliphatic carbocycles. The number of aromatic nitrogens is 1. The number of hydrogen-bond donors (Lipinski definition) is 3. The van der Waals surface area contributed by atoms with Gasteiger partial charge in [-0.2, -0.15) is 0 Å². The molecule has 0 fully saturated rings. The quantitative estimate of drug-likeness (QED) is 0.281. The van der Waals surface area contributed by atoms with E-state index in [1.54, 1.807) is 14.2 Å². The summed E-state index contributed by atoms with van der Waals surface area (Å²) in [4.78, 5) is 7.49. The van der Waals surface area contributed by atoms with E-state index in [-0.39, 0.29) is 24.0 Å². The summed E-state index contributed by atoms with van der Waals surface area (Å²) >= 11 is 0. The second-order valence-corrected chi connectivity index (χ2v) is 4.88. The number of guanidine groups is 1. The number of nitrogens with zero attached hydrogens (tertiary/aromatic N) is 1. The Hall–Kier alpha value is -1.28. The topological polar surface area (TPSA) is 61.4 Å². The Kier molecular flexibility index (Phi) is 8.91. The van der Waals surface area contributed by atoms with Crippen molar-refractivity contribution in [3.63, 3.8) is 0 Å². The second-order valence-electron chi connectivity index (χ2n) is 4.88. The summed E-state index contributed by atoms with van der Waals surface area (Å²) in [5.41, 5.74) is 2.58. The predicted octanol–water partition coefficient (Wildman–Crippen LogP) is 2.53. The zero-order chi connectivity index (χ0) is 14.9. The van der Waals surface area contributed by atoms with Crippen LogP contribution in [0.4, 0.5) is 0 Å². The van der Waals surface area contributed by atoms with E-state index in [1.165, 1.54) is 16.5 Å². The molecule has 0 bridgehead atoms. The van der Waals surface area contributed by atoms with E-state index in [1.807, 2.05) is 0 Å². The molecule has 0 radical (unpaired) electrons. The lowest BCUT2D eigenvalue weighted by Gasteiger charge is -2.11. The highest BCUT2D eigenvalue weighted by Crippen LogP contribution is 2.18. The monoisotopic (exact) mass is 416 g/mol. The van der Waals surface area contributed by atoms with E-state index in [9.17, 15) is 0 Å². The smallest absolute Gasteiger partial charge is 0.191 e. The van der Waals surface area contributed by atoms with Crippen LogP contribution in [0, 0.1) is 0 Å². The number of ether oxygens (including phenoxy) is 1. The number of halogens is 1.